The first-order valence-corrected chi connectivity index (χ1v) is 11.4. The number of hydrogen-bond acceptors (Lipinski definition) is 4. The smallest absolute Gasteiger partial charge is 0.321 e. The minimum atomic E-state index is -0.172. The number of ether oxygens (including phenoxy) is 2. The van der Waals surface area contributed by atoms with Crippen LogP contribution in [-0.2, 0) is 6.54 Å². The van der Waals surface area contributed by atoms with Gasteiger partial charge in [-0.05, 0) is 37.5 Å². The van der Waals surface area contributed by atoms with Crippen LogP contribution in [0.1, 0.15) is 24.0 Å². The van der Waals surface area contributed by atoms with Crippen LogP contribution in [0.5, 0.6) is 11.5 Å². The van der Waals surface area contributed by atoms with E-state index in [1.54, 1.807) is 37.3 Å². The Morgan fingerprint density at radius 1 is 1.03 bits per heavy atom. The highest BCUT2D eigenvalue weighted by atomic mass is 16.5. The zero-order chi connectivity index (χ0) is 23.4. The van der Waals surface area contributed by atoms with Crippen molar-refractivity contribution in [2.24, 2.45) is 0 Å². The number of anilines is 1. The van der Waals surface area contributed by atoms with E-state index in [4.69, 9.17) is 9.47 Å². The number of methoxy groups -OCH3 is 2. The van der Waals surface area contributed by atoms with E-state index in [2.05, 4.69) is 30.4 Å². The van der Waals surface area contributed by atoms with Crippen LogP contribution in [0.15, 0.2) is 42.5 Å². The first-order valence-electron chi connectivity index (χ1n) is 11.4. The molecule has 8 heteroatoms. The number of nitrogens with one attached hydrogen (secondary N) is 1. The van der Waals surface area contributed by atoms with Crippen LogP contribution in [0.4, 0.5) is 15.3 Å². The van der Waals surface area contributed by atoms with Crippen molar-refractivity contribution in [3.05, 3.63) is 53.6 Å². The lowest BCUT2D eigenvalue weighted by Gasteiger charge is -2.36. The van der Waals surface area contributed by atoms with Gasteiger partial charge < -0.3 is 29.5 Å². The molecule has 33 heavy (non-hydrogen) atoms. The molecule has 0 bridgehead atoms. The van der Waals surface area contributed by atoms with Crippen molar-refractivity contribution in [2.75, 3.05) is 45.7 Å². The Hall–Kier alpha value is -3.42. The maximum Gasteiger partial charge on any atom is 0.321 e. The van der Waals surface area contributed by atoms with Crippen LogP contribution in [-0.4, -0.2) is 73.2 Å². The summed E-state index contributed by atoms with van der Waals surface area (Å²) in [5, 5.41) is 2.93. The summed E-state index contributed by atoms with van der Waals surface area (Å²) in [5.74, 6) is 1.22. The number of carbonyl (C=O) groups is 2. The van der Waals surface area contributed by atoms with Gasteiger partial charge in [-0.3, -0.25) is 0 Å². The van der Waals surface area contributed by atoms with Crippen molar-refractivity contribution in [1.82, 2.24) is 14.7 Å². The van der Waals surface area contributed by atoms with Crippen molar-refractivity contribution in [3.63, 3.8) is 0 Å². The standard InChI is InChI=1S/C25H32N4O4/c1-18-5-4-6-19(15-18)17-28-13-14-29(25(28)31)20-9-11-27(12-10-20)24(30)26-22-16-21(32-2)7-8-23(22)33-3/h4-8,15-16,20H,9-14,17H2,1-3H3,(H,26,30). The third-order valence-corrected chi connectivity index (χ3v) is 6.42. The van der Waals surface area contributed by atoms with Crippen molar-refractivity contribution in [3.8, 4) is 11.5 Å². The number of piperidine rings is 1. The molecular weight excluding hydrogens is 420 g/mol. The number of carbonyl (C=O) groups excluding carboxylic acids is 2. The molecule has 2 aromatic rings. The molecule has 0 unspecified atom stereocenters. The minimum absolute atomic E-state index is 0.0977. The average Bonchev–Trinajstić information content (AvgIpc) is 3.19. The molecule has 2 aliphatic heterocycles. The fraction of sp³-hybridized carbons (Fsp3) is 0.440. The van der Waals surface area contributed by atoms with Crippen molar-refractivity contribution >= 4 is 17.7 Å². The van der Waals surface area contributed by atoms with Gasteiger partial charge >= 0.3 is 12.1 Å². The number of hydrogen-bond donors (Lipinski definition) is 1. The second-order valence-corrected chi connectivity index (χ2v) is 8.60. The van der Waals surface area contributed by atoms with Crippen LogP contribution in [0, 0.1) is 6.92 Å². The lowest BCUT2D eigenvalue weighted by molar-refractivity contribution is 0.139. The summed E-state index contributed by atoms with van der Waals surface area (Å²) in [5.41, 5.74) is 2.93. The molecule has 2 aromatic carbocycles. The van der Waals surface area contributed by atoms with Crippen molar-refractivity contribution in [1.29, 1.82) is 0 Å². The molecule has 1 N–H and O–H groups in total. The van der Waals surface area contributed by atoms with Crippen LogP contribution < -0.4 is 14.8 Å². The van der Waals surface area contributed by atoms with Crippen molar-refractivity contribution in [2.45, 2.75) is 32.4 Å². The van der Waals surface area contributed by atoms with Gasteiger partial charge in [0.25, 0.3) is 0 Å². The van der Waals surface area contributed by atoms with Crippen molar-refractivity contribution < 1.29 is 19.1 Å². The Morgan fingerprint density at radius 2 is 1.82 bits per heavy atom. The maximum atomic E-state index is 13.0. The second kappa shape index (κ2) is 10.0. The summed E-state index contributed by atoms with van der Waals surface area (Å²) in [4.78, 5) is 31.5. The topological polar surface area (TPSA) is 74.4 Å². The van der Waals surface area contributed by atoms with Gasteiger partial charge in [0.15, 0.2) is 0 Å². The fourth-order valence-corrected chi connectivity index (χ4v) is 4.60. The number of benzene rings is 2. The van der Waals surface area contributed by atoms with Gasteiger partial charge in [-0.1, -0.05) is 29.8 Å². The summed E-state index contributed by atoms with van der Waals surface area (Å²) in [7, 11) is 3.15. The van der Waals surface area contributed by atoms with E-state index >= 15 is 0 Å². The first-order chi connectivity index (χ1) is 16.0. The third kappa shape index (κ3) is 5.16. The van der Waals surface area contributed by atoms with Gasteiger partial charge in [0, 0.05) is 44.8 Å². The summed E-state index contributed by atoms with van der Waals surface area (Å²) in [6, 6.07) is 13.7. The Balaban J connectivity index is 1.31. The van der Waals surface area contributed by atoms with E-state index in [0.717, 1.165) is 31.5 Å². The Kier molecular flexibility index (Phi) is 6.91. The molecule has 0 aliphatic carbocycles. The van der Waals surface area contributed by atoms with E-state index in [9.17, 15) is 9.59 Å². The molecule has 2 saturated heterocycles. The van der Waals surface area contributed by atoms with Gasteiger partial charge in [0.2, 0.25) is 0 Å². The van der Waals surface area contributed by atoms with Crippen LogP contribution in [0.2, 0.25) is 0 Å². The number of amides is 4. The molecule has 4 amide bonds. The summed E-state index contributed by atoms with van der Waals surface area (Å²) in [6.07, 6.45) is 1.54. The number of rotatable bonds is 6. The Bertz CT molecular complexity index is 1000. The highest BCUT2D eigenvalue weighted by Crippen LogP contribution is 2.30. The average molecular weight is 453 g/mol. The largest absolute Gasteiger partial charge is 0.497 e. The molecule has 4 rings (SSSR count). The molecule has 176 valence electrons. The van der Waals surface area contributed by atoms with Crippen LogP contribution in [0.25, 0.3) is 0 Å². The first kappa shape index (κ1) is 22.8. The van der Waals surface area contributed by atoms with E-state index in [-0.39, 0.29) is 18.1 Å². The minimum Gasteiger partial charge on any atom is -0.497 e. The number of aryl methyl sites for hydroxylation is 1. The summed E-state index contributed by atoms with van der Waals surface area (Å²) < 4.78 is 10.6. The number of likely N-dealkylation sites (tertiary alicyclic amines) is 1. The molecule has 2 heterocycles. The third-order valence-electron chi connectivity index (χ3n) is 6.42. The molecule has 8 nitrogen and oxygen atoms in total. The zero-order valence-corrected chi connectivity index (χ0v) is 19.5. The molecule has 0 radical (unpaired) electrons. The predicted molar refractivity (Wildman–Crippen MR) is 127 cm³/mol. The summed E-state index contributed by atoms with van der Waals surface area (Å²) in [6.45, 7) is 5.39. The molecule has 0 saturated carbocycles. The van der Waals surface area contributed by atoms with Gasteiger partial charge in [-0.15, -0.1) is 0 Å². The summed E-state index contributed by atoms with van der Waals surface area (Å²) >= 11 is 0. The van der Waals surface area contributed by atoms with Crippen LogP contribution in [0.3, 0.4) is 0 Å². The lowest BCUT2D eigenvalue weighted by atomic mass is 10.0. The Morgan fingerprint density at radius 3 is 2.52 bits per heavy atom. The van der Waals surface area contributed by atoms with E-state index in [1.165, 1.54) is 5.56 Å². The highest BCUT2D eigenvalue weighted by Gasteiger charge is 2.36. The lowest BCUT2D eigenvalue weighted by Crippen LogP contribution is -2.49. The van der Waals surface area contributed by atoms with E-state index < -0.39 is 0 Å². The molecule has 0 atom stereocenters. The molecule has 0 aromatic heterocycles. The van der Waals surface area contributed by atoms with E-state index in [1.807, 2.05) is 15.9 Å². The Labute approximate surface area is 195 Å². The molecule has 2 aliphatic rings. The molecule has 0 spiro atoms. The SMILES string of the molecule is COc1ccc(OC)c(NC(=O)N2CCC(N3CCN(Cc4cccc(C)c4)C3=O)CC2)c1. The quantitative estimate of drug-likeness (QED) is 0.720. The van der Waals surface area contributed by atoms with Gasteiger partial charge in [-0.2, -0.15) is 0 Å². The zero-order valence-electron chi connectivity index (χ0n) is 19.5. The molecule has 2 fully saturated rings. The van der Waals surface area contributed by atoms with Crippen LogP contribution >= 0.6 is 0 Å². The fourth-order valence-electron chi connectivity index (χ4n) is 4.60. The van der Waals surface area contributed by atoms with Gasteiger partial charge in [0.1, 0.15) is 11.5 Å². The normalized spacial score (nSPS) is 16.8. The second-order valence-electron chi connectivity index (χ2n) is 8.60. The number of urea groups is 2. The molecular formula is C25H32N4O4. The van der Waals surface area contributed by atoms with Gasteiger partial charge in [0.05, 0.1) is 19.9 Å². The predicted octanol–water partition coefficient (Wildman–Crippen LogP) is 3.95. The van der Waals surface area contributed by atoms with E-state index in [0.29, 0.717) is 36.8 Å². The monoisotopic (exact) mass is 452 g/mol. The number of nitrogens with zero attached hydrogens (tertiary/aromatic N) is 3. The highest BCUT2D eigenvalue weighted by molar-refractivity contribution is 5.91. The maximum absolute atomic E-state index is 13.0. The van der Waals surface area contributed by atoms with Gasteiger partial charge in [-0.25, -0.2) is 9.59 Å².